The van der Waals surface area contributed by atoms with Crippen LogP contribution in [0.15, 0.2) is 36.5 Å². The van der Waals surface area contributed by atoms with Crippen LogP contribution in [0.4, 0.5) is 13.2 Å². The predicted molar refractivity (Wildman–Crippen MR) is 73.4 cm³/mol. The zero-order chi connectivity index (χ0) is 15.7. The van der Waals surface area contributed by atoms with Crippen LogP contribution in [-0.2, 0) is 4.74 Å². The number of carbonyl (C=O) groups excluding carboxylic acids is 1. The minimum atomic E-state index is -4.47. The van der Waals surface area contributed by atoms with E-state index in [1.807, 2.05) is 0 Å². The Morgan fingerprint density at radius 2 is 2.14 bits per heavy atom. The lowest BCUT2D eigenvalue weighted by atomic mass is 10.1. The van der Waals surface area contributed by atoms with Crippen molar-refractivity contribution >= 4 is 16.8 Å². The molecule has 1 aliphatic rings. The summed E-state index contributed by atoms with van der Waals surface area (Å²) >= 11 is 0. The number of hydrogen-bond acceptors (Lipinski definition) is 3. The fourth-order valence-corrected chi connectivity index (χ4v) is 2.42. The summed E-state index contributed by atoms with van der Waals surface area (Å²) in [6.45, 7) is -0.449. The number of pyridine rings is 1. The summed E-state index contributed by atoms with van der Waals surface area (Å²) in [6.07, 6.45) is -4.75. The first-order valence-corrected chi connectivity index (χ1v) is 6.77. The number of alkyl halides is 3. The van der Waals surface area contributed by atoms with Gasteiger partial charge < -0.3 is 9.64 Å². The summed E-state index contributed by atoms with van der Waals surface area (Å²) in [5.41, 5.74) is 1.08. The molecule has 1 saturated heterocycles. The third-order valence-corrected chi connectivity index (χ3v) is 3.57. The molecule has 1 amide bonds. The number of halogens is 3. The summed E-state index contributed by atoms with van der Waals surface area (Å²) in [5, 5.41) is 0.772. The second-order valence-electron chi connectivity index (χ2n) is 5.06. The smallest absolute Gasteiger partial charge is 0.365 e. The Labute approximate surface area is 124 Å². The highest BCUT2D eigenvalue weighted by Gasteiger charge is 2.44. The first-order chi connectivity index (χ1) is 10.4. The van der Waals surface area contributed by atoms with E-state index in [2.05, 4.69) is 4.98 Å². The highest BCUT2D eigenvalue weighted by Crippen LogP contribution is 2.26. The molecular formula is C15H13F3N2O2. The van der Waals surface area contributed by atoms with Gasteiger partial charge in [-0.2, -0.15) is 13.2 Å². The summed E-state index contributed by atoms with van der Waals surface area (Å²) in [4.78, 5) is 17.7. The first kappa shape index (κ1) is 14.8. The summed E-state index contributed by atoms with van der Waals surface area (Å²) in [6, 6.07) is 8.45. The molecule has 0 aliphatic carbocycles. The standard InChI is InChI=1S/C15H13F3N2O2/c16-15(17,18)13-9-20(6-7-22-13)14(21)11-3-4-12-10(8-11)2-1-5-19-12/h1-5,8,13H,6-7,9H2/t13-/m0/s1. The van der Waals surface area contributed by atoms with Crippen LogP contribution in [0.3, 0.4) is 0 Å². The molecule has 1 aromatic heterocycles. The van der Waals surface area contributed by atoms with Crippen molar-refractivity contribution in [3.63, 3.8) is 0 Å². The van der Waals surface area contributed by atoms with Gasteiger partial charge in [-0.25, -0.2) is 0 Å². The van der Waals surface area contributed by atoms with Gasteiger partial charge in [0.05, 0.1) is 18.7 Å². The van der Waals surface area contributed by atoms with Gasteiger partial charge in [0, 0.05) is 23.7 Å². The van der Waals surface area contributed by atoms with Crippen LogP contribution in [0.5, 0.6) is 0 Å². The van der Waals surface area contributed by atoms with Gasteiger partial charge in [-0.1, -0.05) is 6.07 Å². The molecule has 22 heavy (non-hydrogen) atoms. The number of ether oxygens (including phenoxy) is 1. The number of benzene rings is 1. The van der Waals surface area contributed by atoms with Crippen LogP contribution in [0, 0.1) is 0 Å². The van der Waals surface area contributed by atoms with E-state index in [4.69, 9.17) is 4.74 Å². The topological polar surface area (TPSA) is 42.4 Å². The van der Waals surface area contributed by atoms with Gasteiger partial charge in [0.15, 0.2) is 6.10 Å². The minimum absolute atomic E-state index is 0.120. The van der Waals surface area contributed by atoms with Crippen molar-refractivity contribution in [3.8, 4) is 0 Å². The number of aromatic nitrogens is 1. The highest BCUT2D eigenvalue weighted by molar-refractivity contribution is 5.98. The normalized spacial score (nSPS) is 19.4. The van der Waals surface area contributed by atoms with E-state index in [-0.39, 0.29) is 13.2 Å². The predicted octanol–water partition coefficient (Wildman–Crippen LogP) is 2.64. The van der Waals surface area contributed by atoms with Gasteiger partial charge in [0.25, 0.3) is 5.91 Å². The highest BCUT2D eigenvalue weighted by atomic mass is 19.4. The van der Waals surface area contributed by atoms with Crippen molar-refractivity contribution in [2.45, 2.75) is 12.3 Å². The zero-order valence-electron chi connectivity index (χ0n) is 11.5. The molecule has 1 aliphatic heterocycles. The van der Waals surface area contributed by atoms with Crippen LogP contribution in [0.25, 0.3) is 10.9 Å². The van der Waals surface area contributed by atoms with Gasteiger partial charge in [0.1, 0.15) is 0 Å². The van der Waals surface area contributed by atoms with E-state index >= 15 is 0 Å². The van der Waals surface area contributed by atoms with Gasteiger partial charge >= 0.3 is 6.18 Å². The molecule has 2 heterocycles. The van der Waals surface area contributed by atoms with Crippen molar-refractivity contribution in [3.05, 3.63) is 42.1 Å². The molecule has 0 saturated carbocycles. The molecular weight excluding hydrogens is 297 g/mol. The number of fused-ring (bicyclic) bond motifs is 1. The summed E-state index contributed by atoms with van der Waals surface area (Å²) < 4.78 is 42.9. The van der Waals surface area contributed by atoms with Crippen molar-refractivity contribution < 1.29 is 22.7 Å². The molecule has 1 aromatic carbocycles. The SMILES string of the molecule is O=C(c1ccc2ncccc2c1)N1CCO[C@H](C(F)(F)F)C1. The number of nitrogens with zero attached hydrogens (tertiary/aromatic N) is 2. The molecule has 0 bridgehead atoms. The van der Waals surface area contributed by atoms with Gasteiger partial charge in [-0.3, -0.25) is 9.78 Å². The van der Waals surface area contributed by atoms with E-state index in [1.165, 1.54) is 4.90 Å². The van der Waals surface area contributed by atoms with Gasteiger partial charge in [-0.15, -0.1) is 0 Å². The fraction of sp³-hybridized carbons (Fsp3) is 0.333. The van der Waals surface area contributed by atoms with Gasteiger partial charge in [0.2, 0.25) is 0 Å². The summed E-state index contributed by atoms with van der Waals surface area (Å²) in [5.74, 6) is -0.427. The Kier molecular flexibility index (Phi) is 3.74. The Morgan fingerprint density at radius 3 is 2.91 bits per heavy atom. The van der Waals surface area contributed by atoms with E-state index in [9.17, 15) is 18.0 Å². The maximum atomic E-state index is 12.7. The lowest BCUT2D eigenvalue weighted by molar-refractivity contribution is -0.233. The molecule has 3 rings (SSSR count). The van der Waals surface area contributed by atoms with Crippen molar-refractivity contribution in [2.24, 2.45) is 0 Å². The maximum absolute atomic E-state index is 12.7. The molecule has 4 nitrogen and oxygen atoms in total. The molecule has 0 unspecified atom stereocenters. The zero-order valence-corrected chi connectivity index (χ0v) is 11.5. The van der Waals surface area contributed by atoms with E-state index < -0.39 is 24.7 Å². The molecule has 2 aromatic rings. The monoisotopic (exact) mass is 310 g/mol. The molecule has 0 radical (unpaired) electrons. The molecule has 116 valence electrons. The molecule has 0 spiro atoms. The number of amides is 1. The van der Waals surface area contributed by atoms with Crippen molar-refractivity contribution in [1.82, 2.24) is 9.88 Å². The third kappa shape index (κ3) is 2.89. The molecule has 0 N–H and O–H groups in total. The van der Waals surface area contributed by atoms with E-state index in [0.29, 0.717) is 5.56 Å². The number of rotatable bonds is 1. The second-order valence-corrected chi connectivity index (χ2v) is 5.06. The van der Waals surface area contributed by atoms with Crippen LogP contribution in [-0.4, -0.2) is 47.8 Å². The van der Waals surface area contributed by atoms with E-state index in [0.717, 1.165) is 10.9 Å². The van der Waals surface area contributed by atoms with Crippen LogP contribution < -0.4 is 0 Å². The molecule has 1 atom stereocenters. The first-order valence-electron chi connectivity index (χ1n) is 6.77. The number of morpholine rings is 1. The Hall–Kier alpha value is -2.15. The van der Waals surface area contributed by atoms with Crippen LogP contribution >= 0.6 is 0 Å². The minimum Gasteiger partial charge on any atom is -0.365 e. The Morgan fingerprint density at radius 1 is 1.32 bits per heavy atom. The van der Waals surface area contributed by atoms with Crippen molar-refractivity contribution in [2.75, 3.05) is 19.7 Å². The van der Waals surface area contributed by atoms with Crippen LogP contribution in [0.1, 0.15) is 10.4 Å². The Balaban J connectivity index is 1.82. The fourth-order valence-electron chi connectivity index (χ4n) is 2.42. The average Bonchev–Trinajstić information content (AvgIpc) is 2.53. The van der Waals surface area contributed by atoms with Gasteiger partial charge in [-0.05, 0) is 24.3 Å². The molecule has 1 fully saturated rings. The Bertz CT molecular complexity index is 702. The molecule has 7 heteroatoms. The lowest BCUT2D eigenvalue weighted by Gasteiger charge is -2.33. The quantitative estimate of drug-likeness (QED) is 0.813. The third-order valence-electron chi connectivity index (χ3n) is 3.57. The van der Waals surface area contributed by atoms with Crippen molar-refractivity contribution in [1.29, 1.82) is 0 Å². The largest absolute Gasteiger partial charge is 0.416 e. The van der Waals surface area contributed by atoms with Crippen LogP contribution in [0.2, 0.25) is 0 Å². The number of hydrogen-bond donors (Lipinski definition) is 0. The lowest BCUT2D eigenvalue weighted by Crippen LogP contribution is -2.51. The summed E-state index contributed by atoms with van der Waals surface area (Å²) in [7, 11) is 0. The maximum Gasteiger partial charge on any atom is 0.416 e. The van der Waals surface area contributed by atoms with E-state index in [1.54, 1.807) is 36.5 Å². The number of carbonyl (C=O) groups is 1. The average molecular weight is 310 g/mol. The second kappa shape index (κ2) is 5.57.